The minimum atomic E-state index is -0.116. The summed E-state index contributed by atoms with van der Waals surface area (Å²) in [6.45, 7) is 0.687. The Kier molecular flexibility index (Phi) is 5.75. The first kappa shape index (κ1) is 17.9. The summed E-state index contributed by atoms with van der Waals surface area (Å²) in [5.41, 5.74) is 1.74. The fourth-order valence-electron chi connectivity index (χ4n) is 2.69. The monoisotopic (exact) mass is 422 g/mol. The van der Waals surface area contributed by atoms with Gasteiger partial charge in [0.1, 0.15) is 16.9 Å². The summed E-state index contributed by atoms with van der Waals surface area (Å²) in [7, 11) is 3.25. The average molecular weight is 423 g/mol. The Morgan fingerprint density at radius 1 is 1.20 bits per heavy atom. The van der Waals surface area contributed by atoms with E-state index in [4.69, 9.17) is 9.47 Å². The fourth-order valence-corrected chi connectivity index (χ4v) is 4.23. The topological polar surface area (TPSA) is 50.8 Å². The number of amides is 2. The van der Waals surface area contributed by atoms with Gasteiger partial charge in [-0.2, -0.15) is 0 Å². The third-order valence-corrected chi connectivity index (χ3v) is 5.73. The first-order chi connectivity index (χ1) is 12.1. The number of benzene rings is 2. The van der Waals surface area contributed by atoms with Gasteiger partial charge in [0.2, 0.25) is 0 Å². The van der Waals surface area contributed by atoms with Crippen LogP contribution in [-0.4, -0.2) is 37.4 Å². The van der Waals surface area contributed by atoms with Crippen molar-refractivity contribution >= 4 is 39.4 Å². The predicted molar refractivity (Wildman–Crippen MR) is 105 cm³/mol. The van der Waals surface area contributed by atoms with Crippen molar-refractivity contribution in [3.63, 3.8) is 0 Å². The second-order valence-corrected chi connectivity index (χ2v) is 7.57. The largest absolute Gasteiger partial charge is 0.497 e. The normalized spacial score (nSPS) is 16.6. The molecule has 1 aliphatic rings. The van der Waals surface area contributed by atoms with E-state index in [1.165, 1.54) is 0 Å². The number of anilines is 1. The third kappa shape index (κ3) is 4.04. The number of nitrogens with one attached hydrogen (secondary N) is 1. The van der Waals surface area contributed by atoms with Crippen LogP contribution in [0.15, 0.2) is 46.9 Å². The molecule has 0 saturated carbocycles. The maximum Gasteiger partial charge on any atom is 0.323 e. The van der Waals surface area contributed by atoms with Crippen LogP contribution in [0.2, 0.25) is 0 Å². The Morgan fingerprint density at radius 3 is 2.64 bits per heavy atom. The number of ether oxygens (including phenoxy) is 2. The van der Waals surface area contributed by atoms with Crippen LogP contribution in [0.1, 0.15) is 10.9 Å². The maximum absolute atomic E-state index is 12.7. The summed E-state index contributed by atoms with van der Waals surface area (Å²) < 4.78 is 11.7. The summed E-state index contributed by atoms with van der Waals surface area (Å²) in [5.74, 6) is 2.34. The molecule has 3 rings (SSSR count). The van der Waals surface area contributed by atoms with Gasteiger partial charge in [0.15, 0.2) is 0 Å². The zero-order chi connectivity index (χ0) is 17.8. The average Bonchev–Trinajstić information content (AvgIpc) is 3.12. The molecule has 2 aromatic rings. The zero-order valence-corrected chi connectivity index (χ0v) is 16.4. The lowest BCUT2D eigenvalue weighted by atomic mass is 10.1. The van der Waals surface area contributed by atoms with Gasteiger partial charge in [0.25, 0.3) is 0 Å². The van der Waals surface area contributed by atoms with E-state index in [9.17, 15) is 4.79 Å². The van der Waals surface area contributed by atoms with Gasteiger partial charge in [0, 0.05) is 34.1 Å². The van der Waals surface area contributed by atoms with E-state index < -0.39 is 0 Å². The van der Waals surface area contributed by atoms with Crippen LogP contribution in [0.3, 0.4) is 0 Å². The lowest BCUT2D eigenvalue weighted by molar-refractivity contribution is 0.213. The Balaban J connectivity index is 1.80. The third-order valence-electron chi connectivity index (χ3n) is 3.95. The molecule has 2 aromatic carbocycles. The molecule has 5 nitrogen and oxygen atoms in total. The van der Waals surface area contributed by atoms with Crippen molar-refractivity contribution in [1.82, 2.24) is 4.90 Å². The molecule has 0 aliphatic carbocycles. The Bertz CT molecular complexity index is 754. The Labute approximate surface area is 159 Å². The molecule has 1 N–H and O–H groups in total. The number of hydrogen-bond donors (Lipinski definition) is 1. The Morgan fingerprint density at radius 2 is 1.96 bits per heavy atom. The molecular weight excluding hydrogens is 404 g/mol. The highest BCUT2D eigenvalue weighted by Gasteiger charge is 2.32. The van der Waals surface area contributed by atoms with E-state index >= 15 is 0 Å². The molecule has 0 spiro atoms. The highest BCUT2D eigenvalue weighted by Crippen LogP contribution is 2.43. The second kappa shape index (κ2) is 8.01. The number of carbonyl (C=O) groups is 1. The lowest BCUT2D eigenvalue weighted by Gasteiger charge is -2.26. The first-order valence-corrected chi connectivity index (χ1v) is 9.63. The van der Waals surface area contributed by atoms with Crippen molar-refractivity contribution in [2.45, 2.75) is 5.37 Å². The van der Waals surface area contributed by atoms with Crippen molar-refractivity contribution in [2.24, 2.45) is 0 Å². The Hall–Kier alpha value is -1.86. The summed E-state index contributed by atoms with van der Waals surface area (Å²) in [4.78, 5) is 14.6. The molecule has 7 heteroatoms. The highest BCUT2D eigenvalue weighted by molar-refractivity contribution is 9.10. The standard InChI is InChI=1S/C18H19BrN2O3S/c1-23-14-7-8-15(16(11-14)24-2)17-21(9-10-25-17)18(22)20-13-5-3-12(19)4-6-13/h3-8,11,17H,9-10H2,1-2H3,(H,20,22). The van der Waals surface area contributed by atoms with Gasteiger partial charge < -0.3 is 19.7 Å². The van der Waals surface area contributed by atoms with E-state index in [0.29, 0.717) is 6.54 Å². The second-order valence-electron chi connectivity index (χ2n) is 5.46. The van der Waals surface area contributed by atoms with Crippen LogP contribution in [0.5, 0.6) is 11.5 Å². The summed E-state index contributed by atoms with van der Waals surface area (Å²) in [6, 6.07) is 13.1. The van der Waals surface area contributed by atoms with Crippen LogP contribution in [0.4, 0.5) is 10.5 Å². The minimum Gasteiger partial charge on any atom is -0.497 e. The van der Waals surface area contributed by atoms with Crippen LogP contribution in [0, 0.1) is 0 Å². The summed E-state index contributed by atoms with van der Waals surface area (Å²) >= 11 is 5.12. The van der Waals surface area contributed by atoms with Crippen molar-refractivity contribution in [3.05, 3.63) is 52.5 Å². The number of hydrogen-bond acceptors (Lipinski definition) is 4. The summed E-state index contributed by atoms with van der Waals surface area (Å²) in [6.07, 6.45) is 0. The van der Waals surface area contributed by atoms with Gasteiger partial charge in [-0.05, 0) is 36.4 Å². The van der Waals surface area contributed by atoms with E-state index in [0.717, 1.165) is 33.0 Å². The smallest absolute Gasteiger partial charge is 0.323 e. The molecule has 1 fully saturated rings. The van der Waals surface area contributed by atoms with Crippen molar-refractivity contribution in [1.29, 1.82) is 0 Å². The molecule has 1 aliphatic heterocycles. The number of thioether (sulfide) groups is 1. The maximum atomic E-state index is 12.7. The molecule has 132 valence electrons. The number of methoxy groups -OCH3 is 2. The molecule has 1 saturated heterocycles. The summed E-state index contributed by atoms with van der Waals surface area (Å²) in [5, 5.41) is 2.87. The van der Waals surface area contributed by atoms with Crippen LogP contribution >= 0.6 is 27.7 Å². The van der Waals surface area contributed by atoms with Crippen molar-refractivity contribution in [3.8, 4) is 11.5 Å². The number of urea groups is 1. The predicted octanol–water partition coefficient (Wildman–Crippen LogP) is 4.75. The van der Waals surface area contributed by atoms with Crippen LogP contribution in [0.25, 0.3) is 0 Å². The van der Waals surface area contributed by atoms with Crippen molar-refractivity contribution < 1.29 is 14.3 Å². The van der Waals surface area contributed by atoms with Gasteiger partial charge in [-0.1, -0.05) is 15.9 Å². The van der Waals surface area contributed by atoms with Gasteiger partial charge in [-0.25, -0.2) is 4.79 Å². The van der Waals surface area contributed by atoms with Gasteiger partial charge in [0.05, 0.1) is 14.2 Å². The number of carbonyl (C=O) groups excluding carboxylic acids is 1. The molecule has 1 heterocycles. The van der Waals surface area contributed by atoms with E-state index in [1.54, 1.807) is 26.0 Å². The fraction of sp³-hybridized carbons (Fsp3) is 0.278. The molecule has 1 atom stereocenters. The number of halogens is 1. The molecule has 0 aromatic heterocycles. The van der Waals surface area contributed by atoms with Gasteiger partial charge in [-0.15, -0.1) is 11.8 Å². The molecular formula is C18H19BrN2O3S. The van der Waals surface area contributed by atoms with Gasteiger partial charge in [-0.3, -0.25) is 0 Å². The van der Waals surface area contributed by atoms with E-state index in [-0.39, 0.29) is 11.4 Å². The van der Waals surface area contributed by atoms with Crippen LogP contribution in [-0.2, 0) is 0 Å². The molecule has 0 bridgehead atoms. The molecule has 1 unspecified atom stereocenters. The molecule has 2 amide bonds. The van der Waals surface area contributed by atoms with Gasteiger partial charge >= 0.3 is 6.03 Å². The zero-order valence-electron chi connectivity index (χ0n) is 14.0. The highest BCUT2D eigenvalue weighted by atomic mass is 79.9. The SMILES string of the molecule is COc1ccc(C2SCCN2C(=O)Nc2ccc(Br)cc2)c(OC)c1. The van der Waals surface area contributed by atoms with E-state index in [2.05, 4.69) is 21.2 Å². The number of nitrogens with zero attached hydrogens (tertiary/aromatic N) is 1. The van der Waals surface area contributed by atoms with Crippen molar-refractivity contribution in [2.75, 3.05) is 31.8 Å². The number of rotatable bonds is 4. The first-order valence-electron chi connectivity index (χ1n) is 7.79. The molecule has 25 heavy (non-hydrogen) atoms. The lowest BCUT2D eigenvalue weighted by Crippen LogP contribution is -2.34. The van der Waals surface area contributed by atoms with E-state index in [1.807, 2.05) is 47.4 Å². The quantitative estimate of drug-likeness (QED) is 0.772. The van der Waals surface area contributed by atoms with Crippen LogP contribution < -0.4 is 14.8 Å². The molecule has 0 radical (unpaired) electrons. The minimum absolute atomic E-state index is 0.0868.